The van der Waals surface area contributed by atoms with Crippen LogP contribution in [0.2, 0.25) is 0 Å². The van der Waals surface area contributed by atoms with Crippen LogP contribution in [0.1, 0.15) is 52.9 Å². The van der Waals surface area contributed by atoms with Crippen molar-refractivity contribution in [3.63, 3.8) is 0 Å². The fourth-order valence-electron chi connectivity index (χ4n) is 5.33. The lowest BCUT2D eigenvalue weighted by atomic mass is 9.97. The largest absolute Gasteiger partial charge is 0.378 e. The number of carbonyl (C=O) groups is 4. The van der Waals surface area contributed by atoms with Gasteiger partial charge >= 0.3 is 0 Å². The van der Waals surface area contributed by atoms with Crippen molar-refractivity contribution < 1.29 is 23.6 Å². The third kappa shape index (κ3) is 6.77. The predicted octanol–water partition coefficient (Wildman–Crippen LogP) is 5.95. The van der Waals surface area contributed by atoms with Gasteiger partial charge in [-0.1, -0.05) is 62.4 Å². The van der Waals surface area contributed by atoms with Crippen molar-refractivity contribution in [2.45, 2.75) is 32.4 Å². The number of nitrogens with zero attached hydrogens (tertiary/aromatic N) is 3. The molecule has 3 amide bonds. The van der Waals surface area contributed by atoms with Crippen LogP contribution < -0.4 is 15.1 Å². The zero-order chi connectivity index (χ0) is 32.2. The van der Waals surface area contributed by atoms with Crippen LogP contribution in [-0.4, -0.2) is 49.0 Å². The van der Waals surface area contributed by atoms with Crippen molar-refractivity contribution in [2.75, 3.05) is 35.8 Å². The number of ketones is 1. The Balaban J connectivity index is 1.55. The first-order valence-electron chi connectivity index (χ1n) is 14.7. The van der Waals surface area contributed by atoms with Gasteiger partial charge in [0.05, 0.1) is 11.3 Å². The van der Waals surface area contributed by atoms with Crippen molar-refractivity contribution in [2.24, 2.45) is 0 Å². The summed E-state index contributed by atoms with van der Waals surface area (Å²) < 4.78 is 13.8. The molecule has 9 heteroatoms. The van der Waals surface area contributed by atoms with E-state index in [1.807, 2.05) is 55.4 Å². The van der Waals surface area contributed by atoms with Gasteiger partial charge < -0.3 is 15.1 Å². The number of fused-ring (bicyclic) bond motifs is 1. The first-order chi connectivity index (χ1) is 21.5. The van der Waals surface area contributed by atoms with E-state index in [0.29, 0.717) is 22.5 Å². The molecule has 0 spiro atoms. The monoisotopic (exact) mass is 606 g/mol. The van der Waals surface area contributed by atoms with Crippen molar-refractivity contribution in [3.8, 4) is 0 Å². The third-order valence-corrected chi connectivity index (χ3v) is 7.89. The lowest BCUT2D eigenvalue weighted by Crippen LogP contribution is -2.46. The molecule has 0 radical (unpaired) electrons. The van der Waals surface area contributed by atoms with E-state index < -0.39 is 41.9 Å². The molecule has 0 bridgehead atoms. The highest BCUT2D eigenvalue weighted by atomic mass is 19.1. The van der Waals surface area contributed by atoms with E-state index in [2.05, 4.69) is 19.2 Å². The van der Waals surface area contributed by atoms with Crippen LogP contribution in [0.15, 0.2) is 97.1 Å². The maximum atomic E-state index is 14.3. The Morgan fingerprint density at radius 2 is 1.44 bits per heavy atom. The lowest BCUT2D eigenvalue weighted by molar-refractivity contribution is -0.139. The van der Waals surface area contributed by atoms with Crippen LogP contribution in [0, 0.1) is 5.82 Å². The summed E-state index contributed by atoms with van der Waals surface area (Å²) in [5.41, 5.74) is 4.25. The number of benzene rings is 4. The zero-order valence-electron chi connectivity index (χ0n) is 25.7. The standard InChI is InChI=1S/C36H35FN4O4/c1-23(2)25-11-13-26(14-12-25)33(35(44)38-28-17-19-29(20-18-28)39(3)4)41(21-24-9-15-27(37)16-10-24)32(42)22-40-31-8-6-5-7-30(31)34(43)36(40)45/h5-20,23,33H,21-22H2,1-4H3,(H,38,44)/t33-/m1/s1. The van der Waals surface area contributed by atoms with E-state index in [1.54, 1.807) is 48.5 Å². The summed E-state index contributed by atoms with van der Waals surface area (Å²) in [6.07, 6.45) is 0. The van der Waals surface area contributed by atoms with Crippen LogP contribution in [0.25, 0.3) is 0 Å². The quantitative estimate of drug-likeness (QED) is 0.225. The predicted molar refractivity (Wildman–Crippen MR) is 173 cm³/mol. The highest BCUT2D eigenvalue weighted by molar-refractivity contribution is 6.52. The molecule has 1 heterocycles. The SMILES string of the molecule is CC(C)c1ccc([C@H](C(=O)Nc2ccc(N(C)C)cc2)N(Cc2ccc(F)cc2)C(=O)CN2C(=O)C(=O)c3ccccc32)cc1. The second kappa shape index (κ2) is 13.1. The Labute approximate surface area is 262 Å². The summed E-state index contributed by atoms with van der Waals surface area (Å²) in [4.78, 5) is 58.6. The molecule has 0 unspecified atom stereocenters. The molecule has 4 aromatic rings. The van der Waals surface area contributed by atoms with Crippen LogP contribution in [0.5, 0.6) is 0 Å². The average Bonchev–Trinajstić information content (AvgIpc) is 3.27. The zero-order valence-corrected chi connectivity index (χ0v) is 25.7. The van der Waals surface area contributed by atoms with Gasteiger partial charge in [-0.2, -0.15) is 0 Å². The average molecular weight is 607 g/mol. The van der Waals surface area contributed by atoms with Crippen molar-refractivity contribution in [1.82, 2.24) is 4.90 Å². The summed E-state index contributed by atoms with van der Waals surface area (Å²) in [6, 6.07) is 25.8. The molecular weight excluding hydrogens is 571 g/mol. The van der Waals surface area contributed by atoms with Gasteiger partial charge in [-0.25, -0.2) is 4.39 Å². The van der Waals surface area contributed by atoms with Crippen LogP contribution >= 0.6 is 0 Å². The Morgan fingerprint density at radius 1 is 0.822 bits per heavy atom. The number of rotatable bonds is 10. The first kappa shape index (κ1) is 31.1. The molecule has 1 aliphatic rings. The number of hydrogen-bond donors (Lipinski definition) is 1. The van der Waals surface area contributed by atoms with Gasteiger partial charge in [0.2, 0.25) is 5.91 Å². The number of halogens is 1. The normalized spacial score (nSPS) is 13.1. The van der Waals surface area contributed by atoms with Gasteiger partial charge in [0.25, 0.3) is 17.6 Å². The Kier molecular flexibility index (Phi) is 9.08. The minimum Gasteiger partial charge on any atom is -0.378 e. The van der Waals surface area contributed by atoms with E-state index in [0.717, 1.165) is 16.2 Å². The number of nitrogens with one attached hydrogen (secondary N) is 1. The van der Waals surface area contributed by atoms with Crippen LogP contribution in [-0.2, 0) is 20.9 Å². The van der Waals surface area contributed by atoms with E-state index >= 15 is 0 Å². The van der Waals surface area contributed by atoms with E-state index in [9.17, 15) is 23.6 Å². The molecule has 5 rings (SSSR count). The van der Waals surface area contributed by atoms with Crippen molar-refractivity contribution >= 4 is 40.6 Å². The molecule has 0 fully saturated rings. The van der Waals surface area contributed by atoms with Crippen LogP contribution in [0.3, 0.4) is 0 Å². The molecule has 45 heavy (non-hydrogen) atoms. The molecule has 1 atom stereocenters. The van der Waals surface area contributed by atoms with Gasteiger partial charge in [0.1, 0.15) is 18.4 Å². The Bertz CT molecular complexity index is 1720. The topological polar surface area (TPSA) is 90.0 Å². The van der Waals surface area contributed by atoms with E-state index in [1.165, 1.54) is 17.0 Å². The molecule has 4 aromatic carbocycles. The number of Topliss-reactive ketones (excluding diaryl/α,β-unsaturated/α-hetero) is 1. The molecule has 0 aliphatic carbocycles. The molecule has 0 aromatic heterocycles. The number of carbonyl (C=O) groups excluding carboxylic acids is 4. The number of amides is 3. The molecule has 0 saturated carbocycles. The van der Waals surface area contributed by atoms with Gasteiger partial charge in [-0.15, -0.1) is 0 Å². The van der Waals surface area contributed by atoms with Gasteiger partial charge in [0, 0.05) is 32.0 Å². The van der Waals surface area contributed by atoms with Gasteiger partial charge in [-0.3, -0.25) is 24.1 Å². The minimum absolute atomic E-state index is 0.0552. The van der Waals surface area contributed by atoms with Crippen molar-refractivity contribution in [1.29, 1.82) is 0 Å². The smallest absolute Gasteiger partial charge is 0.299 e. The maximum Gasteiger partial charge on any atom is 0.299 e. The molecule has 230 valence electrons. The summed E-state index contributed by atoms with van der Waals surface area (Å²) in [6.45, 7) is 3.61. The van der Waals surface area contributed by atoms with Crippen molar-refractivity contribution in [3.05, 3.63) is 125 Å². The highest BCUT2D eigenvalue weighted by Crippen LogP contribution is 2.31. The van der Waals surface area contributed by atoms with Gasteiger partial charge in [0.15, 0.2) is 0 Å². The van der Waals surface area contributed by atoms with E-state index in [4.69, 9.17) is 0 Å². The third-order valence-electron chi connectivity index (χ3n) is 7.89. The molecule has 1 aliphatic heterocycles. The number of anilines is 3. The second-order valence-electron chi connectivity index (χ2n) is 11.5. The molecule has 8 nitrogen and oxygen atoms in total. The highest BCUT2D eigenvalue weighted by Gasteiger charge is 2.39. The van der Waals surface area contributed by atoms with E-state index in [-0.39, 0.29) is 18.0 Å². The molecular formula is C36H35FN4O4. The molecule has 0 saturated heterocycles. The second-order valence-corrected chi connectivity index (χ2v) is 11.5. The lowest BCUT2D eigenvalue weighted by Gasteiger charge is -2.33. The summed E-state index contributed by atoms with van der Waals surface area (Å²) in [5.74, 6) is -2.72. The maximum absolute atomic E-state index is 14.3. The van der Waals surface area contributed by atoms with Crippen LogP contribution in [0.4, 0.5) is 21.5 Å². The Hall–Kier alpha value is -5.31. The Morgan fingerprint density at radius 3 is 2.07 bits per heavy atom. The summed E-state index contributed by atoms with van der Waals surface area (Å²) >= 11 is 0. The fraction of sp³-hybridized carbons (Fsp3) is 0.222. The fourth-order valence-corrected chi connectivity index (χ4v) is 5.33. The number of para-hydroxylation sites is 1. The number of hydrogen-bond acceptors (Lipinski definition) is 5. The molecule has 1 N–H and O–H groups in total. The summed E-state index contributed by atoms with van der Waals surface area (Å²) in [7, 11) is 3.83. The first-order valence-corrected chi connectivity index (χ1v) is 14.7. The van der Waals surface area contributed by atoms with Gasteiger partial charge in [-0.05, 0) is 71.1 Å². The minimum atomic E-state index is -1.12. The summed E-state index contributed by atoms with van der Waals surface area (Å²) in [5, 5.41) is 2.95.